The van der Waals surface area contributed by atoms with E-state index in [1.807, 2.05) is 12.1 Å². The quantitative estimate of drug-likeness (QED) is 0.213. The first kappa shape index (κ1) is 23.6. The number of fused-ring (bicyclic) bond motifs is 5. The van der Waals surface area contributed by atoms with Gasteiger partial charge in [0.2, 0.25) is 0 Å². The molecule has 0 unspecified atom stereocenters. The fourth-order valence-corrected chi connectivity index (χ4v) is 7.42. The average Bonchev–Trinajstić information content (AvgIpc) is 3.17. The van der Waals surface area contributed by atoms with E-state index < -0.39 is 44.9 Å². The summed E-state index contributed by atoms with van der Waals surface area (Å²) >= 11 is 17.5. The van der Waals surface area contributed by atoms with Crippen molar-refractivity contribution in [3.63, 3.8) is 0 Å². The molecule has 2 aliphatic heterocycles. The van der Waals surface area contributed by atoms with Crippen LogP contribution in [0.5, 0.6) is 5.75 Å². The van der Waals surface area contributed by atoms with Crippen LogP contribution in [0.15, 0.2) is 57.6 Å². The van der Waals surface area contributed by atoms with Crippen molar-refractivity contribution in [2.45, 2.75) is 34.7 Å². The molecule has 1 N–H and O–H groups in total. The van der Waals surface area contributed by atoms with Crippen LogP contribution >= 0.6 is 39.1 Å². The van der Waals surface area contributed by atoms with Crippen LogP contribution in [0.25, 0.3) is 10.8 Å². The Morgan fingerprint density at radius 3 is 2.50 bits per heavy atom. The van der Waals surface area contributed by atoms with E-state index in [9.17, 15) is 24.3 Å². The molecule has 4 atom stereocenters. The Morgan fingerprint density at radius 1 is 1.06 bits per heavy atom. The zero-order chi connectivity index (χ0) is 25.7. The Kier molecular flexibility index (Phi) is 4.97. The highest BCUT2D eigenvalue weighted by Gasteiger charge is 2.75. The van der Waals surface area contributed by atoms with Crippen molar-refractivity contribution < 1.29 is 14.7 Å². The van der Waals surface area contributed by atoms with E-state index in [0.717, 1.165) is 14.9 Å². The number of carbonyl (C=O) groups is 2. The molecule has 1 saturated carbocycles. The molecule has 9 nitrogen and oxygen atoms in total. The van der Waals surface area contributed by atoms with E-state index in [1.165, 1.54) is 22.5 Å². The Hall–Kier alpha value is -2.82. The predicted octanol–water partition coefficient (Wildman–Crippen LogP) is 2.55. The normalized spacial score (nSPS) is 29.2. The number of phenols is 1. The number of phenolic OH excluding ortho intramolecular Hbond substituents is 1. The summed E-state index contributed by atoms with van der Waals surface area (Å²) in [6, 6.07) is 9.69. The van der Waals surface area contributed by atoms with Crippen molar-refractivity contribution >= 4 is 61.7 Å². The van der Waals surface area contributed by atoms with Gasteiger partial charge in [0.25, 0.3) is 11.8 Å². The van der Waals surface area contributed by atoms with Gasteiger partial charge in [-0.2, -0.15) is 0 Å². The van der Waals surface area contributed by atoms with Gasteiger partial charge in [0, 0.05) is 24.9 Å². The first-order valence-corrected chi connectivity index (χ1v) is 13.0. The van der Waals surface area contributed by atoms with Crippen molar-refractivity contribution in [1.82, 2.24) is 18.8 Å². The minimum atomic E-state index is -2.00. The Bertz CT molecular complexity index is 1660. The maximum atomic E-state index is 13.8. The maximum absolute atomic E-state index is 13.8. The van der Waals surface area contributed by atoms with Gasteiger partial charge in [0.15, 0.2) is 9.75 Å². The first-order chi connectivity index (χ1) is 17.1. The second-order valence-electron chi connectivity index (χ2n) is 9.30. The highest BCUT2D eigenvalue weighted by atomic mass is 79.9. The minimum absolute atomic E-state index is 0.0509. The van der Waals surface area contributed by atoms with Crippen molar-refractivity contribution in [3.8, 4) is 5.75 Å². The van der Waals surface area contributed by atoms with Crippen LogP contribution in [0, 0.1) is 0 Å². The van der Waals surface area contributed by atoms with Crippen molar-refractivity contribution in [2.24, 2.45) is 7.05 Å². The van der Waals surface area contributed by atoms with Gasteiger partial charge in [-0.15, -0.1) is 23.2 Å². The van der Waals surface area contributed by atoms with Crippen LogP contribution in [0.1, 0.15) is 23.9 Å². The number of allylic oxidation sites excluding steroid dienone is 2. The number of hydrogen-bond acceptors (Lipinski definition) is 5. The predicted molar refractivity (Wildman–Crippen MR) is 137 cm³/mol. The van der Waals surface area contributed by atoms with E-state index in [2.05, 4.69) is 15.9 Å². The highest BCUT2D eigenvalue weighted by molar-refractivity contribution is 9.09. The number of rotatable bonds is 2. The molecule has 3 heterocycles. The molecule has 3 aliphatic rings. The monoisotopic (exact) mass is 592 g/mol. The zero-order valence-corrected chi connectivity index (χ0v) is 21.9. The number of amides is 2. The number of carbonyl (C=O) groups excluding carboxylic acids is 2. The summed E-state index contributed by atoms with van der Waals surface area (Å²) in [6.07, 6.45) is 1.55. The molecule has 0 spiro atoms. The molecule has 12 heteroatoms. The van der Waals surface area contributed by atoms with Crippen molar-refractivity contribution in [2.75, 3.05) is 5.45 Å². The van der Waals surface area contributed by atoms with Gasteiger partial charge in [0.05, 0.1) is 18.0 Å². The fourth-order valence-electron chi connectivity index (χ4n) is 6.03. The Balaban J connectivity index is 1.72. The van der Waals surface area contributed by atoms with Gasteiger partial charge in [-0.3, -0.25) is 14.5 Å². The second-order valence-corrected chi connectivity index (χ2v) is 11.0. The summed E-state index contributed by atoms with van der Waals surface area (Å²) in [5, 5.41) is 12.6. The number of benzene rings is 2. The number of likely N-dealkylation sites (tertiary alicyclic amines) is 1. The number of imide groups is 1. The third-order valence-corrected chi connectivity index (χ3v) is 9.62. The molecular weight excluding hydrogens is 575 g/mol. The highest BCUT2D eigenvalue weighted by Crippen LogP contribution is 2.64. The van der Waals surface area contributed by atoms with Gasteiger partial charge in [0.1, 0.15) is 5.75 Å². The lowest BCUT2D eigenvalue weighted by Crippen LogP contribution is -2.59. The summed E-state index contributed by atoms with van der Waals surface area (Å²) in [5.74, 6) is -2.59. The fraction of sp³-hybridized carbons (Fsp3) is 0.333. The van der Waals surface area contributed by atoms with Gasteiger partial charge in [-0.25, -0.2) is 23.5 Å². The average molecular weight is 594 g/mol. The molecule has 1 saturated heterocycles. The molecule has 1 aromatic heterocycles. The lowest BCUT2D eigenvalue weighted by molar-refractivity contribution is -0.138. The Labute approximate surface area is 222 Å². The van der Waals surface area contributed by atoms with Crippen LogP contribution in [0.4, 0.5) is 0 Å². The van der Waals surface area contributed by atoms with Gasteiger partial charge >= 0.3 is 11.4 Å². The number of alkyl halides is 3. The van der Waals surface area contributed by atoms with Gasteiger partial charge in [-0.1, -0.05) is 52.3 Å². The molecule has 0 radical (unpaired) electrons. The number of halogens is 3. The standard InChI is InChI=1S/C24H19BrCl2N4O5/c1-28-21(35)30-9-8-14-15(31(30)22(28)36)10-23(26)19(33)29(11-25)20(34)24(23,27)18(14)17-13-5-3-2-4-12(13)6-7-16(17)32/h2-8,15,18,32H,9-11H2,1H3/t15-,18-,23-,24+/m1/s1. The molecule has 2 fully saturated rings. The lowest BCUT2D eigenvalue weighted by atomic mass is 9.63. The number of aromatic nitrogens is 3. The summed E-state index contributed by atoms with van der Waals surface area (Å²) < 4.78 is 3.54. The van der Waals surface area contributed by atoms with Crippen LogP contribution < -0.4 is 11.4 Å². The SMILES string of the molecule is Cn1c(=O)n2n(c1=O)[C@@H]1C[C@@]3(Cl)C(=O)N(CBr)C(=O)[C@@]3(Cl)[C@@H](c3c(O)ccc4ccccc34)C1=CC2. The zero-order valence-electron chi connectivity index (χ0n) is 18.8. The van der Waals surface area contributed by atoms with Crippen LogP contribution in [0.3, 0.4) is 0 Å². The summed E-state index contributed by atoms with van der Waals surface area (Å²) in [5.41, 5.74) is -0.337. The van der Waals surface area contributed by atoms with E-state index >= 15 is 0 Å². The third-order valence-electron chi connectivity index (χ3n) is 7.71. The molecule has 36 heavy (non-hydrogen) atoms. The summed E-state index contributed by atoms with van der Waals surface area (Å²) in [6.45, 7) is 0.0509. The third kappa shape index (κ3) is 2.62. The molecule has 0 bridgehead atoms. The van der Waals surface area contributed by atoms with Crippen molar-refractivity contribution in [3.05, 3.63) is 74.6 Å². The van der Waals surface area contributed by atoms with Crippen LogP contribution in [-0.4, -0.2) is 51.0 Å². The van der Waals surface area contributed by atoms with E-state index in [0.29, 0.717) is 16.5 Å². The summed E-state index contributed by atoms with van der Waals surface area (Å²) in [4.78, 5) is 50.3. The van der Waals surface area contributed by atoms with Crippen LogP contribution in [0.2, 0.25) is 0 Å². The minimum Gasteiger partial charge on any atom is -0.508 e. The molecule has 186 valence electrons. The lowest BCUT2D eigenvalue weighted by Gasteiger charge is -2.49. The van der Waals surface area contributed by atoms with E-state index in [4.69, 9.17) is 23.2 Å². The topological polar surface area (TPSA) is 107 Å². The van der Waals surface area contributed by atoms with Crippen molar-refractivity contribution in [1.29, 1.82) is 0 Å². The first-order valence-electron chi connectivity index (χ1n) is 11.2. The second kappa shape index (κ2) is 7.60. The molecule has 1 aliphatic carbocycles. The number of aromatic hydroxyl groups is 1. The maximum Gasteiger partial charge on any atom is 0.347 e. The van der Waals surface area contributed by atoms with Gasteiger partial charge in [-0.05, 0) is 22.4 Å². The van der Waals surface area contributed by atoms with Crippen LogP contribution in [-0.2, 0) is 23.2 Å². The molecular formula is C24H19BrCl2N4O5. The number of hydrogen-bond donors (Lipinski definition) is 1. The summed E-state index contributed by atoms with van der Waals surface area (Å²) in [7, 11) is 1.37. The molecule has 2 amide bonds. The smallest absolute Gasteiger partial charge is 0.347 e. The molecule has 2 aromatic carbocycles. The van der Waals surface area contributed by atoms with E-state index in [-0.39, 0.29) is 24.2 Å². The largest absolute Gasteiger partial charge is 0.508 e. The van der Waals surface area contributed by atoms with Gasteiger partial charge < -0.3 is 5.11 Å². The molecule has 6 rings (SSSR count). The van der Waals surface area contributed by atoms with E-state index in [1.54, 1.807) is 24.3 Å². The number of nitrogens with zero attached hydrogens (tertiary/aromatic N) is 4. The molecule has 3 aromatic rings. The Morgan fingerprint density at radius 2 is 1.78 bits per heavy atom.